The normalized spacial score (nSPS) is 16.5. The number of hydrogen-bond acceptors (Lipinski definition) is 2. The van der Waals surface area contributed by atoms with E-state index in [0.717, 1.165) is 47.9 Å². The Kier molecular flexibility index (Phi) is 10.9. The minimum absolute atomic E-state index is 0.226. The highest BCUT2D eigenvalue weighted by Gasteiger charge is 2.36. The van der Waals surface area contributed by atoms with Gasteiger partial charge in [-0.2, -0.15) is 0 Å². The number of carbonyl (C=O) groups excluding carboxylic acids is 2. The van der Waals surface area contributed by atoms with Crippen molar-refractivity contribution in [3.8, 4) is 0 Å². The number of ketones is 2. The fourth-order valence-electron chi connectivity index (χ4n) is 6.13. The minimum atomic E-state index is -1.25. The molecule has 4 rings (SSSR count). The molecule has 6 heteroatoms. The average molecular weight is 579 g/mol. The maximum absolute atomic E-state index is 14.7. The van der Waals surface area contributed by atoms with Crippen molar-refractivity contribution in [1.29, 1.82) is 0 Å². The van der Waals surface area contributed by atoms with Gasteiger partial charge in [0.05, 0.1) is 5.56 Å². The third-order valence-corrected chi connectivity index (χ3v) is 8.31. The minimum Gasteiger partial charge on any atom is -0.300 e. The first kappa shape index (κ1) is 31.4. The van der Waals surface area contributed by atoms with Crippen LogP contribution in [0.2, 0.25) is 0 Å². The maximum Gasteiger partial charge on any atom is 0.195 e. The van der Waals surface area contributed by atoms with Gasteiger partial charge in [-0.1, -0.05) is 75.9 Å². The van der Waals surface area contributed by atoms with Gasteiger partial charge in [0.15, 0.2) is 5.78 Å². The Balaban J connectivity index is 1.64. The lowest BCUT2D eigenvalue weighted by Gasteiger charge is -2.22. The van der Waals surface area contributed by atoms with Gasteiger partial charge in [0.1, 0.15) is 29.1 Å². The van der Waals surface area contributed by atoms with Gasteiger partial charge in [-0.15, -0.1) is 0 Å². The summed E-state index contributed by atoms with van der Waals surface area (Å²) >= 11 is 0. The van der Waals surface area contributed by atoms with Crippen LogP contribution in [0.5, 0.6) is 0 Å². The lowest BCUT2D eigenvalue weighted by atomic mass is 9.81. The van der Waals surface area contributed by atoms with Crippen molar-refractivity contribution in [2.45, 2.75) is 89.9 Å². The Morgan fingerprint density at radius 2 is 1.50 bits per heavy atom. The third kappa shape index (κ3) is 7.45. The van der Waals surface area contributed by atoms with Crippen molar-refractivity contribution in [3.63, 3.8) is 0 Å². The van der Waals surface area contributed by atoms with Crippen LogP contribution in [0.3, 0.4) is 0 Å². The topological polar surface area (TPSA) is 34.1 Å². The molecule has 3 aromatic rings. The molecule has 222 valence electrons. The molecule has 0 fully saturated rings. The van der Waals surface area contributed by atoms with Crippen LogP contribution >= 0.6 is 0 Å². The van der Waals surface area contributed by atoms with Crippen LogP contribution in [-0.2, 0) is 17.6 Å². The number of unbranched alkanes of at least 4 members (excludes halogenated alkanes) is 4. The number of carbonyl (C=O) groups is 2. The molecular weight excluding hydrogens is 540 g/mol. The smallest absolute Gasteiger partial charge is 0.195 e. The second-order valence-corrected chi connectivity index (χ2v) is 11.2. The number of Topliss-reactive ketones (excluding diaryl/α,β-unsaturated/α-hetero) is 2. The summed E-state index contributed by atoms with van der Waals surface area (Å²) in [4.78, 5) is 26.3. The van der Waals surface area contributed by atoms with Gasteiger partial charge in [0.25, 0.3) is 0 Å². The second-order valence-electron chi connectivity index (χ2n) is 11.2. The van der Waals surface area contributed by atoms with E-state index in [0.29, 0.717) is 44.2 Å². The first-order valence-electron chi connectivity index (χ1n) is 15.0. The van der Waals surface area contributed by atoms with E-state index < -0.39 is 34.7 Å². The summed E-state index contributed by atoms with van der Waals surface area (Å²) in [7, 11) is 0. The van der Waals surface area contributed by atoms with Crippen LogP contribution in [0.15, 0.2) is 66.2 Å². The average Bonchev–Trinajstić information content (AvgIpc) is 3.41. The molecule has 0 N–H and O–H groups in total. The van der Waals surface area contributed by atoms with Gasteiger partial charge in [0, 0.05) is 42.4 Å². The molecule has 0 aromatic heterocycles. The molecule has 2 atom stereocenters. The van der Waals surface area contributed by atoms with Gasteiger partial charge >= 0.3 is 0 Å². The zero-order chi connectivity index (χ0) is 30.2. The highest BCUT2D eigenvalue weighted by Crippen LogP contribution is 2.46. The van der Waals surface area contributed by atoms with Crippen molar-refractivity contribution in [1.82, 2.24) is 0 Å². The summed E-state index contributed by atoms with van der Waals surface area (Å²) in [5.41, 5.74) is 3.12. The fraction of sp³-hybridized carbons (Fsp3) is 0.389. The molecule has 42 heavy (non-hydrogen) atoms. The molecule has 0 saturated carbocycles. The third-order valence-electron chi connectivity index (χ3n) is 8.31. The van der Waals surface area contributed by atoms with Gasteiger partial charge in [-0.3, -0.25) is 9.59 Å². The number of aryl methyl sites for hydroxylation is 1. The van der Waals surface area contributed by atoms with E-state index in [1.165, 1.54) is 18.6 Å². The molecule has 0 aliphatic heterocycles. The molecule has 0 saturated heterocycles. The zero-order valence-electron chi connectivity index (χ0n) is 24.3. The van der Waals surface area contributed by atoms with Crippen molar-refractivity contribution in [2.24, 2.45) is 0 Å². The summed E-state index contributed by atoms with van der Waals surface area (Å²) in [6, 6.07) is 12.8. The molecule has 2 unspecified atom stereocenters. The predicted molar refractivity (Wildman–Crippen MR) is 158 cm³/mol. The van der Waals surface area contributed by atoms with E-state index in [1.807, 2.05) is 25.1 Å². The van der Waals surface area contributed by atoms with Crippen molar-refractivity contribution < 1.29 is 27.2 Å². The lowest BCUT2D eigenvalue weighted by molar-refractivity contribution is -0.119. The molecule has 3 aromatic carbocycles. The SMILES string of the molecule is CCCCCCCC(=O)CCc1cccc(C2CC(c3ccc(F)cc3)C=C2C(=O)c2c(F)cc(F)cc2F)c1CC. The van der Waals surface area contributed by atoms with E-state index in [-0.39, 0.29) is 23.1 Å². The number of halogens is 4. The molecule has 1 aliphatic carbocycles. The van der Waals surface area contributed by atoms with E-state index in [9.17, 15) is 27.2 Å². The van der Waals surface area contributed by atoms with Gasteiger partial charge < -0.3 is 0 Å². The monoisotopic (exact) mass is 578 g/mol. The molecule has 0 bridgehead atoms. The first-order chi connectivity index (χ1) is 20.2. The molecule has 0 radical (unpaired) electrons. The molecular formula is C36H38F4O2. The fourth-order valence-corrected chi connectivity index (χ4v) is 6.13. The van der Waals surface area contributed by atoms with Crippen molar-refractivity contribution in [3.05, 3.63) is 117 Å². The Hall–Kier alpha value is -3.54. The number of benzene rings is 3. The highest BCUT2D eigenvalue weighted by molar-refractivity contribution is 6.10. The van der Waals surface area contributed by atoms with Crippen molar-refractivity contribution >= 4 is 11.6 Å². The first-order valence-corrected chi connectivity index (χ1v) is 15.0. The summed E-state index contributed by atoms with van der Waals surface area (Å²) < 4.78 is 56.8. The lowest BCUT2D eigenvalue weighted by Crippen LogP contribution is -2.15. The summed E-state index contributed by atoms with van der Waals surface area (Å²) in [5, 5.41) is 0. The van der Waals surface area contributed by atoms with Crippen LogP contribution in [0.25, 0.3) is 0 Å². The second kappa shape index (κ2) is 14.6. The Morgan fingerprint density at radius 1 is 0.810 bits per heavy atom. The van der Waals surface area contributed by atoms with E-state index in [1.54, 1.807) is 18.2 Å². The standard InChI is InChI=1S/C36H38F4O2/c1-3-5-6-7-8-11-28(41)18-15-24-10-9-12-30(29(24)4-2)31-19-25(23-13-16-26(37)17-14-23)20-32(31)36(42)35-33(39)21-27(38)22-34(35)40/h9-10,12-14,16-17,20-22,25,31H,3-8,11,15,18-19H2,1-2H3. The van der Waals surface area contributed by atoms with Gasteiger partial charge in [-0.05, 0) is 60.1 Å². The maximum atomic E-state index is 14.7. The summed E-state index contributed by atoms with van der Waals surface area (Å²) in [6.07, 6.45) is 9.83. The van der Waals surface area contributed by atoms with E-state index >= 15 is 0 Å². The molecule has 2 nitrogen and oxygen atoms in total. The Morgan fingerprint density at radius 3 is 2.17 bits per heavy atom. The largest absolute Gasteiger partial charge is 0.300 e. The quantitative estimate of drug-likeness (QED) is 0.108. The predicted octanol–water partition coefficient (Wildman–Crippen LogP) is 9.75. The number of allylic oxidation sites excluding steroid dienone is 2. The van der Waals surface area contributed by atoms with Gasteiger partial charge in [0.2, 0.25) is 0 Å². The summed E-state index contributed by atoms with van der Waals surface area (Å²) in [6.45, 7) is 4.17. The molecule has 1 aliphatic rings. The molecule has 0 amide bonds. The molecule has 0 spiro atoms. The van der Waals surface area contributed by atoms with Crippen LogP contribution < -0.4 is 0 Å². The molecule has 0 heterocycles. The van der Waals surface area contributed by atoms with E-state index in [4.69, 9.17) is 0 Å². The highest BCUT2D eigenvalue weighted by atomic mass is 19.1. The van der Waals surface area contributed by atoms with Crippen LogP contribution in [0.1, 0.15) is 110 Å². The zero-order valence-corrected chi connectivity index (χ0v) is 24.3. The Bertz CT molecular complexity index is 1420. The van der Waals surface area contributed by atoms with Gasteiger partial charge in [-0.25, -0.2) is 17.6 Å². The van der Waals surface area contributed by atoms with E-state index in [2.05, 4.69) is 6.92 Å². The van der Waals surface area contributed by atoms with Crippen LogP contribution in [0, 0.1) is 23.3 Å². The number of hydrogen-bond donors (Lipinski definition) is 0. The van der Waals surface area contributed by atoms with Crippen LogP contribution in [0.4, 0.5) is 17.6 Å². The van der Waals surface area contributed by atoms with Crippen molar-refractivity contribution in [2.75, 3.05) is 0 Å². The van der Waals surface area contributed by atoms with Crippen LogP contribution in [-0.4, -0.2) is 11.6 Å². The number of rotatable bonds is 14. The summed E-state index contributed by atoms with van der Waals surface area (Å²) in [5.74, 6) is -5.36. The Labute approximate surface area is 245 Å².